The van der Waals surface area contributed by atoms with E-state index in [2.05, 4.69) is 31.2 Å². The van der Waals surface area contributed by atoms with E-state index in [0.717, 1.165) is 16.8 Å². The number of nitriles is 1. The fourth-order valence-electron chi connectivity index (χ4n) is 1.75. The Labute approximate surface area is 101 Å². The van der Waals surface area contributed by atoms with E-state index in [-0.39, 0.29) is 0 Å². The first-order valence-electron chi connectivity index (χ1n) is 5.68. The molecule has 0 amide bonds. The molecule has 17 heavy (non-hydrogen) atoms. The van der Waals surface area contributed by atoms with Gasteiger partial charge in [0.25, 0.3) is 0 Å². The summed E-state index contributed by atoms with van der Waals surface area (Å²) in [6.45, 7) is 6.22. The molecule has 86 valence electrons. The zero-order chi connectivity index (χ0) is 12.4. The molecule has 0 saturated heterocycles. The lowest BCUT2D eigenvalue weighted by atomic mass is 10.1. The summed E-state index contributed by atoms with van der Waals surface area (Å²) in [5, 5.41) is 13.2. The Kier molecular flexibility index (Phi) is 2.97. The Morgan fingerprint density at radius 1 is 1.24 bits per heavy atom. The molecule has 0 radical (unpaired) electrons. The van der Waals surface area contributed by atoms with Gasteiger partial charge < -0.3 is 0 Å². The van der Waals surface area contributed by atoms with Crippen LogP contribution in [0.3, 0.4) is 0 Å². The molecule has 0 spiro atoms. The maximum Gasteiger partial charge on any atom is 0.0991 e. The fraction of sp³-hybridized carbons (Fsp3) is 0.286. The van der Waals surface area contributed by atoms with Gasteiger partial charge in [-0.2, -0.15) is 10.4 Å². The van der Waals surface area contributed by atoms with Crippen molar-refractivity contribution in [2.45, 2.75) is 26.8 Å². The van der Waals surface area contributed by atoms with Crippen LogP contribution in [0, 0.1) is 18.3 Å². The van der Waals surface area contributed by atoms with E-state index >= 15 is 0 Å². The maximum absolute atomic E-state index is 8.76. The molecule has 0 aliphatic rings. The van der Waals surface area contributed by atoms with Crippen molar-refractivity contribution in [3.8, 4) is 17.2 Å². The molecule has 1 aromatic carbocycles. The lowest BCUT2D eigenvalue weighted by Gasteiger charge is -2.03. The zero-order valence-electron chi connectivity index (χ0n) is 10.3. The van der Waals surface area contributed by atoms with Crippen molar-refractivity contribution < 1.29 is 0 Å². The SMILES string of the molecule is Cc1nn(C(C)C)cc1-c1ccc(C#N)cc1. The summed E-state index contributed by atoms with van der Waals surface area (Å²) < 4.78 is 1.96. The smallest absolute Gasteiger partial charge is 0.0991 e. The summed E-state index contributed by atoms with van der Waals surface area (Å²) in [6, 6.07) is 10.1. The van der Waals surface area contributed by atoms with E-state index in [0.29, 0.717) is 11.6 Å². The van der Waals surface area contributed by atoms with Crippen molar-refractivity contribution in [3.05, 3.63) is 41.7 Å². The Morgan fingerprint density at radius 3 is 2.35 bits per heavy atom. The van der Waals surface area contributed by atoms with Gasteiger partial charge in [0.2, 0.25) is 0 Å². The van der Waals surface area contributed by atoms with Gasteiger partial charge in [0, 0.05) is 17.8 Å². The quantitative estimate of drug-likeness (QED) is 0.786. The minimum absolute atomic E-state index is 0.362. The minimum Gasteiger partial charge on any atom is -0.269 e. The van der Waals surface area contributed by atoms with Gasteiger partial charge in [-0.1, -0.05) is 12.1 Å². The summed E-state index contributed by atoms with van der Waals surface area (Å²) in [4.78, 5) is 0. The van der Waals surface area contributed by atoms with Crippen molar-refractivity contribution in [1.29, 1.82) is 5.26 Å². The highest BCUT2D eigenvalue weighted by Gasteiger charge is 2.08. The minimum atomic E-state index is 0.362. The number of rotatable bonds is 2. The van der Waals surface area contributed by atoms with Crippen molar-refractivity contribution in [3.63, 3.8) is 0 Å². The molecule has 0 saturated carbocycles. The van der Waals surface area contributed by atoms with Crippen molar-refractivity contribution in [1.82, 2.24) is 9.78 Å². The van der Waals surface area contributed by atoms with E-state index in [1.807, 2.05) is 35.9 Å². The number of benzene rings is 1. The van der Waals surface area contributed by atoms with Gasteiger partial charge in [-0.05, 0) is 38.5 Å². The summed E-state index contributed by atoms with van der Waals surface area (Å²) in [6.07, 6.45) is 2.06. The number of aryl methyl sites for hydroxylation is 1. The van der Waals surface area contributed by atoms with Gasteiger partial charge in [-0.3, -0.25) is 4.68 Å². The third kappa shape index (κ3) is 2.21. The Morgan fingerprint density at radius 2 is 1.88 bits per heavy atom. The Balaban J connectivity index is 2.42. The highest BCUT2D eigenvalue weighted by atomic mass is 15.3. The van der Waals surface area contributed by atoms with E-state index in [1.54, 1.807) is 0 Å². The van der Waals surface area contributed by atoms with Crippen LogP contribution in [0.15, 0.2) is 30.5 Å². The Bertz CT molecular complexity index is 556. The predicted octanol–water partition coefficient (Wildman–Crippen LogP) is 3.31. The highest BCUT2D eigenvalue weighted by molar-refractivity contribution is 5.65. The van der Waals surface area contributed by atoms with Crippen LogP contribution in [-0.2, 0) is 0 Å². The molecular weight excluding hydrogens is 210 g/mol. The molecule has 3 nitrogen and oxygen atoms in total. The van der Waals surface area contributed by atoms with Gasteiger partial charge >= 0.3 is 0 Å². The van der Waals surface area contributed by atoms with Crippen LogP contribution in [0.1, 0.15) is 31.1 Å². The molecule has 0 fully saturated rings. The lowest BCUT2D eigenvalue weighted by molar-refractivity contribution is 0.529. The average molecular weight is 225 g/mol. The van der Waals surface area contributed by atoms with Crippen LogP contribution >= 0.6 is 0 Å². The van der Waals surface area contributed by atoms with Gasteiger partial charge in [-0.15, -0.1) is 0 Å². The molecule has 0 bridgehead atoms. The van der Waals surface area contributed by atoms with Gasteiger partial charge in [0.05, 0.1) is 17.3 Å². The molecule has 3 heteroatoms. The molecule has 1 heterocycles. The molecular formula is C14H15N3. The van der Waals surface area contributed by atoms with Gasteiger partial charge in [0.15, 0.2) is 0 Å². The van der Waals surface area contributed by atoms with E-state index < -0.39 is 0 Å². The molecule has 0 N–H and O–H groups in total. The monoisotopic (exact) mass is 225 g/mol. The molecule has 0 aliphatic carbocycles. The molecule has 2 rings (SSSR count). The first-order valence-corrected chi connectivity index (χ1v) is 5.68. The number of nitrogens with zero attached hydrogens (tertiary/aromatic N) is 3. The van der Waals surface area contributed by atoms with Crippen LogP contribution in [-0.4, -0.2) is 9.78 Å². The average Bonchev–Trinajstić information content (AvgIpc) is 2.72. The second-order valence-electron chi connectivity index (χ2n) is 4.39. The predicted molar refractivity (Wildman–Crippen MR) is 67.5 cm³/mol. The largest absolute Gasteiger partial charge is 0.269 e. The third-order valence-electron chi connectivity index (χ3n) is 2.77. The second-order valence-corrected chi connectivity index (χ2v) is 4.39. The van der Waals surface area contributed by atoms with Crippen LogP contribution in [0.4, 0.5) is 0 Å². The van der Waals surface area contributed by atoms with Crippen LogP contribution in [0.5, 0.6) is 0 Å². The van der Waals surface area contributed by atoms with Crippen LogP contribution in [0.25, 0.3) is 11.1 Å². The fourth-order valence-corrected chi connectivity index (χ4v) is 1.75. The molecule has 0 unspecified atom stereocenters. The molecule has 1 aromatic heterocycles. The van der Waals surface area contributed by atoms with E-state index in [4.69, 9.17) is 5.26 Å². The Hall–Kier alpha value is -2.08. The van der Waals surface area contributed by atoms with Gasteiger partial charge in [-0.25, -0.2) is 0 Å². The van der Waals surface area contributed by atoms with E-state index in [1.165, 1.54) is 0 Å². The summed E-state index contributed by atoms with van der Waals surface area (Å²) in [7, 11) is 0. The molecule has 0 atom stereocenters. The van der Waals surface area contributed by atoms with E-state index in [9.17, 15) is 0 Å². The molecule has 0 aliphatic heterocycles. The maximum atomic E-state index is 8.76. The number of hydrogen-bond donors (Lipinski definition) is 0. The number of hydrogen-bond acceptors (Lipinski definition) is 2. The van der Waals surface area contributed by atoms with Crippen molar-refractivity contribution in [2.24, 2.45) is 0 Å². The van der Waals surface area contributed by atoms with Crippen LogP contribution in [0.2, 0.25) is 0 Å². The van der Waals surface area contributed by atoms with Crippen molar-refractivity contribution >= 4 is 0 Å². The topological polar surface area (TPSA) is 41.6 Å². The molecule has 2 aromatic rings. The summed E-state index contributed by atoms with van der Waals surface area (Å²) in [5.74, 6) is 0. The second kappa shape index (κ2) is 4.42. The first-order chi connectivity index (χ1) is 8.11. The number of aromatic nitrogens is 2. The van der Waals surface area contributed by atoms with Crippen molar-refractivity contribution in [2.75, 3.05) is 0 Å². The van der Waals surface area contributed by atoms with Gasteiger partial charge in [0.1, 0.15) is 0 Å². The lowest BCUT2D eigenvalue weighted by Crippen LogP contribution is -2.00. The summed E-state index contributed by atoms with van der Waals surface area (Å²) in [5.41, 5.74) is 3.93. The zero-order valence-corrected chi connectivity index (χ0v) is 10.3. The standard InChI is InChI=1S/C14H15N3/c1-10(2)17-9-14(11(3)16-17)13-6-4-12(8-15)5-7-13/h4-7,9-10H,1-3H3. The highest BCUT2D eigenvalue weighted by Crippen LogP contribution is 2.24. The first kappa shape index (κ1) is 11.4. The third-order valence-corrected chi connectivity index (χ3v) is 2.77. The van der Waals surface area contributed by atoms with Crippen LogP contribution < -0.4 is 0 Å². The normalized spacial score (nSPS) is 10.5. The summed E-state index contributed by atoms with van der Waals surface area (Å²) >= 11 is 0.